The minimum absolute atomic E-state index is 0.0194. The number of hydrogen-bond acceptors (Lipinski definition) is 3. The highest BCUT2D eigenvalue weighted by molar-refractivity contribution is 5.81. The first kappa shape index (κ1) is 15.8. The number of hydrogen-bond donors (Lipinski definition) is 2. The van der Waals surface area contributed by atoms with Crippen LogP contribution in [0.1, 0.15) is 52.4 Å². The Hall–Kier alpha value is -0.610. The maximum absolute atomic E-state index is 12.2. The van der Waals surface area contributed by atoms with Gasteiger partial charge in [-0.2, -0.15) is 0 Å². The zero-order chi connectivity index (χ0) is 14.4. The number of rotatable bonds is 5. The fraction of sp³-hybridized carbons (Fsp3) is 0.938. The molecule has 2 atom stereocenters. The Morgan fingerprint density at radius 3 is 2.90 bits per heavy atom. The lowest BCUT2D eigenvalue weighted by atomic mass is 9.74. The maximum atomic E-state index is 12.2. The molecule has 2 rings (SSSR count). The molecule has 0 aliphatic carbocycles. The summed E-state index contributed by atoms with van der Waals surface area (Å²) in [6.07, 6.45) is 7.36. The van der Waals surface area contributed by atoms with E-state index in [-0.39, 0.29) is 11.9 Å². The van der Waals surface area contributed by atoms with E-state index in [9.17, 15) is 4.79 Å². The van der Waals surface area contributed by atoms with Gasteiger partial charge in [0.25, 0.3) is 0 Å². The Morgan fingerprint density at radius 1 is 1.40 bits per heavy atom. The van der Waals surface area contributed by atoms with Crippen LogP contribution >= 0.6 is 0 Å². The zero-order valence-corrected chi connectivity index (χ0v) is 13.2. The van der Waals surface area contributed by atoms with Gasteiger partial charge >= 0.3 is 0 Å². The predicted octanol–water partition coefficient (Wildman–Crippen LogP) is 1.76. The van der Waals surface area contributed by atoms with Crippen LogP contribution in [0, 0.1) is 5.41 Å². The Bertz CT molecular complexity index is 307. The lowest BCUT2D eigenvalue weighted by molar-refractivity contribution is -0.127. The van der Waals surface area contributed by atoms with E-state index in [1.807, 2.05) is 0 Å². The lowest BCUT2D eigenvalue weighted by Gasteiger charge is -2.47. The number of nitrogens with one attached hydrogen (secondary N) is 2. The van der Waals surface area contributed by atoms with Crippen molar-refractivity contribution in [3.05, 3.63) is 0 Å². The van der Waals surface area contributed by atoms with E-state index in [0.29, 0.717) is 5.41 Å². The maximum Gasteiger partial charge on any atom is 0.237 e. The van der Waals surface area contributed by atoms with Crippen molar-refractivity contribution in [2.75, 3.05) is 32.7 Å². The van der Waals surface area contributed by atoms with E-state index in [1.165, 1.54) is 25.7 Å². The van der Waals surface area contributed by atoms with E-state index in [0.717, 1.165) is 45.6 Å². The normalized spacial score (nSPS) is 29.3. The lowest BCUT2D eigenvalue weighted by Crippen LogP contribution is -2.56. The summed E-state index contributed by atoms with van der Waals surface area (Å²) >= 11 is 0. The Balaban J connectivity index is 1.85. The molecule has 2 aliphatic rings. The van der Waals surface area contributed by atoms with Crippen molar-refractivity contribution in [3.63, 3.8) is 0 Å². The third-order valence-corrected chi connectivity index (χ3v) is 5.01. The second kappa shape index (κ2) is 7.41. The molecule has 20 heavy (non-hydrogen) atoms. The van der Waals surface area contributed by atoms with Crippen molar-refractivity contribution in [3.8, 4) is 0 Å². The largest absolute Gasteiger partial charge is 0.355 e. The zero-order valence-electron chi connectivity index (χ0n) is 13.2. The number of nitrogens with zero attached hydrogens (tertiary/aromatic N) is 1. The topological polar surface area (TPSA) is 44.4 Å². The summed E-state index contributed by atoms with van der Waals surface area (Å²) in [7, 11) is 0. The molecule has 0 saturated carbocycles. The van der Waals surface area contributed by atoms with E-state index in [4.69, 9.17) is 0 Å². The molecule has 2 saturated heterocycles. The average molecular weight is 281 g/mol. The van der Waals surface area contributed by atoms with E-state index in [2.05, 4.69) is 29.4 Å². The van der Waals surface area contributed by atoms with E-state index in [1.54, 1.807) is 0 Å². The standard InChI is InChI=1S/C16H31N3O/c1-3-4-10-18-15(20)14(2)19-11-6-8-16(13-19)7-5-9-17-12-16/h14,17H,3-13H2,1-2H3,(H,18,20). The number of carbonyl (C=O) groups excluding carboxylic acids is 1. The third-order valence-electron chi connectivity index (χ3n) is 5.01. The van der Waals surface area contributed by atoms with Crippen LogP contribution in [0.2, 0.25) is 0 Å². The summed E-state index contributed by atoms with van der Waals surface area (Å²) in [4.78, 5) is 14.6. The van der Waals surface area contributed by atoms with Crippen LogP contribution < -0.4 is 10.6 Å². The molecule has 0 radical (unpaired) electrons. The second-order valence-corrected chi connectivity index (χ2v) is 6.67. The van der Waals surface area contributed by atoms with Crippen LogP contribution in [0.15, 0.2) is 0 Å². The molecule has 4 heteroatoms. The van der Waals surface area contributed by atoms with E-state index >= 15 is 0 Å². The Kier molecular flexibility index (Phi) is 5.85. The Labute approximate surface area is 123 Å². The molecule has 0 aromatic carbocycles. The first-order valence-electron chi connectivity index (χ1n) is 8.39. The SMILES string of the molecule is CCCCNC(=O)C(C)N1CCCC2(CCCNC2)C1. The number of carbonyl (C=O) groups is 1. The number of piperidine rings is 2. The molecular formula is C16H31N3O. The molecule has 2 N–H and O–H groups in total. The summed E-state index contributed by atoms with van der Waals surface area (Å²) < 4.78 is 0. The van der Waals surface area contributed by atoms with E-state index < -0.39 is 0 Å². The third kappa shape index (κ3) is 3.95. The van der Waals surface area contributed by atoms with Crippen molar-refractivity contribution in [2.24, 2.45) is 5.41 Å². The van der Waals surface area contributed by atoms with Crippen LogP contribution in [0.4, 0.5) is 0 Å². The van der Waals surface area contributed by atoms with Gasteiger partial charge in [-0.1, -0.05) is 13.3 Å². The van der Waals surface area contributed by atoms with Gasteiger partial charge in [0.05, 0.1) is 6.04 Å². The second-order valence-electron chi connectivity index (χ2n) is 6.67. The van der Waals surface area contributed by atoms with Crippen molar-refractivity contribution in [2.45, 2.75) is 58.4 Å². The molecule has 2 heterocycles. The average Bonchev–Trinajstić information content (AvgIpc) is 2.47. The molecule has 0 bridgehead atoms. The molecular weight excluding hydrogens is 250 g/mol. The van der Waals surface area contributed by atoms with Gasteiger partial charge < -0.3 is 10.6 Å². The molecule has 2 aliphatic heterocycles. The van der Waals surface area contributed by atoms with Crippen LogP contribution in [-0.4, -0.2) is 49.6 Å². The fourth-order valence-corrected chi connectivity index (χ4v) is 3.66. The summed E-state index contributed by atoms with van der Waals surface area (Å²) in [6.45, 7) is 9.49. The summed E-state index contributed by atoms with van der Waals surface area (Å²) in [6, 6.07) is 0.0194. The molecule has 4 nitrogen and oxygen atoms in total. The molecule has 116 valence electrons. The minimum Gasteiger partial charge on any atom is -0.355 e. The first-order valence-corrected chi connectivity index (χ1v) is 8.39. The van der Waals surface area contributed by atoms with Gasteiger partial charge in [-0.15, -0.1) is 0 Å². The quantitative estimate of drug-likeness (QED) is 0.755. The van der Waals surface area contributed by atoms with Crippen LogP contribution in [-0.2, 0) is 4.79 Å². The van der Waals surface area contributed by atoms with Gasteiger partial charge in [-0.3, -0.25) is 9.69 Å². The van der Waals surface area contributed by atoms with Crippen molar-refractivity contribution in [1.29, 1.82) is 0 Å². The van der Waals surface area contributed by atoms with Crippen molar-refractivity contribution in [1.82, 2.24) is 15.5 Å². The van der Waals surface area contributed by atoms with Gasteiger partial charge in [0.15, 0.2) is 0 Å². The molecule has 0 aromatic rings. The van der Waals surface area contributed by atoms with Gasteiger partial charge in [0, 0.05) is 19.6 Å². The number of likely N-dealkylation sites (tertiary alicyclic amines) is 1. The van der Waals surface area contributed by atoms with Gasteiger partial charge in [-0.05, 0) is 57.5 Å². The number of amides is 1. The van der Waals surface area contributed by atoms with Crippen LogP contribution in [0.3, 0.4) is 0 Å². The van der Waals surface area contributed by atoms with Gasteiger partial charge in [0.1, 0.15) is 0 Å². The predicted molar refractivity (Wildman–Crippen MR) is 82.7 cm³/mol. The van der Waals surface area contributed by atoms with Gasteiger partial charge in [0.2, 0.25) is 5.91 Å². The fourth-order valence-electron chi connectivity index (χ4n) is 3.66. The molecule has 0 aromatic heterocycles. The van der Waals surface area contributed by atoms with Crippen LogP contribution in [0.5, 0.6) is 0 Å². The number of unbranched alkanes of at least 4 members (excludes halogenated alkanes) is 1. The summed E-state index contributed by atoms with van der Waals surface area (Å²) in [5.41, 5.74) is 0.425. The monoisotopic (exact) mass is 281 g/mol. The smallest absolute Gasteiger partial charge is 0.237 e. The van der Waals surface area contributed by atoms with Crippen molar-refractivity contribution < 1.29 is 4.79 Å². The molecule has 1 spiro atoms. The van der Waals surface area contributed by atoms with Gasteiger partial charge in [-0.25, -0.2) is 0 Å². The summed E-state index contributed by atoms with van der Waals surface area (Å²) in [5, 5.41) is 6.62. The summed E-state index contributed by atoms with van der Waals surface area (Å²) in [5.74, 6) is 0.208. The minimum atomic E-state index is 0.0194. The highest BCUT2D eigenvalue weighted by Crippen LogP contribution is 2.36. The Morgan fingerprint density at radius 2 is 2.20 bits per heavy atom. The highest BCUT2D eigenvalue weighted by atomic mass is 16.2. The highest BCUT2D eigenvalue weighted by Gasteiger charge is 2.38. The molecule has 1 amide bonds. The van der Waals surface area contributed by atoms with Crippen molar-refractivity contribution >= 4 is 5.91 Å². The molecule has 2 unspecified atom stereocenters. The molecule has 2 fully saturated rings. The van der Waals surface area contributed by atoms with Crippen LogP contribution in [0.25, 0.3) is 0 Å². The first-order chi connectivity index (χ1) is 9.67.